The molecule has 0 bridgehead atoms. The molecule has 2 aromatic carbocycles. The fourth-order valence-corrected chi connectivity index (χ4v) is 3.41. The lowest BCUT2D eigenvalue weighted by Gasteiger charge is -2.29. The van der Waals surface area contributed by atoms with Crippen LogP contribution in [0.1, 0.15) is 36.1 Å². The molecule has 28 heavy (non-hydrogen) atoms. The van der Waals surface area contributed by atoms with Crippen molar-refractivity contribution in [3.63, 3.8) is 0 Å². The summed E-state index contributed by atoms with van der Waals surface area (Å²) in [4.78, 5) is 12.8. The van der Waals surface area contributed by atoms with E-state index in [1.807, 2.05) is 38.1 Å². The van der Waals surface area contributed by atoms with Crippen molar-refractivity contribution in [2.45, 2.75) is 25.0 Å². The minimum absolute atomic E-state index is 0.259. The second kappa shape index (κ2) is 7.00. The summed E-state index contributed by atoms with van der Waals surface area (Å²) in [5.74, 6) is 0.578. The lowest BCUT2D eigenvalue weighted by atomic mass is 9.81. The molecular weight excluding hydrogens is 374 g/mol. The predicted molar refractivity (Wildman–Crippen MR) is 109 cm³/mol. The van der Waals surface area contributed by atoms with E-state index in [1.165, 1.54) is 6.33 Å². The number of aromatic nitrogens is 2. The van der Waals surface area contributed by atoms with Crippen LogP contribution in [0.3, 0.4) is 0 Å². The van der Waals surface area contributed by atoms with Crippen LogP contribution in [-0.4, -0.2) is 33.1 Å². The quantitative estimate of drug-likeness (QED) is 0.728. The molecule has 0 amide bonds. The molecule has 1 aromatic heterocycles. The Morgan fingerprint density at radius 3 is 2.36 bits per heavy atom. The van der Waals surface area contributed by atoms with Crippen LogP contribution in [-0.2, 0) is 10.3 Å². The molecule has 1 N–H and O–H groups in total. The topological polar surface area (TPSA) is 67.6 Å². The molecule has 2 heterocycles. The molecule has 142 valence electrons. The van der Waals surface area contributed by atoms with Crippen LogP contribution in [0.25, 0.3) is 0 Å². The summed E-state index contributed by atoms with van der Waals surface area (Å²) in [5, 5.41) is 12.5. The maximum atomic E-state index is 11.9. The van der Waals surface area contributed by atoms with Crippen LogP contribution in [0.5, 0.6) is 0 Å². The molecule has 0 saturated carbocycles. The Balaban J connectivity index is 1.87. The molecule has 0 radical (unpaired) electrons. The van der Waals surface area contributed by atoms with Crippen LogP contribution < -0.4 is 0 Å². The highest BCUT2D eigenvalue weighted by Gasteiger charge is 2.35. The summed E-state index contributed by atoms with van der Waals surface area (Å²) in [5.41, 5.74) is 0.995. The van der Waals surface area contributed by atoms with Gasteiger partial charge in [0, 0.05) is 28.5 Å². The van der Waals surface area contributed by atoms with Gasteiger partial charge in [-0.05, 0) is 49.2 Å². The molecule has 5 nitrogen and oxygen atoms in total. The molecule has 0 fully saturated rings. The molecule has 3 aromatic rings. The van der Waals surface area contributed by atoms with Crippen molar-refractivity contribution in [2.75, 3.05) is 6.61 Å². The fraction of sp³-hybridized carbons (Fsp3) is 0.227. The Morgan fingerprint density at radius 2 is 1.71 bits per heavy atom. The average molecular weight is 394 g/mol. The third kappa shape index (κ3) is 3.39. The van der Waals surface area contributed by atoms with E-state index in [0.29, 0.717) is 34.2 Å². The normalized spacial score (nSPS) is 17.5. The van der Waals surface area contributed by atoms with E-state index in [-0.39, 0.29) is 5.54 Å². The van der Waals surface area contributed by atoms with E-state index < -0.39 is 5.60 Å². The highest BCUT2D eigenvalue weighted by molar-refractivity contribution is 6.30. The van der Waals surface area contributed by atoms with Crippen LogP contribution >= 0.6 is 11.6 Å². The van der Waals surface area contributed by atoms with E-state index in [0.717, 1.165) is 5.56 Å². The Morgan fingerprint density at radius 1 is 1.00 bits per heavy atom. The van der Waals surface area contributed by atoms with Crippen molar-refractivity contribution < 1.29 is 9.84 Å². The number of hydrogen-bond acceptors (Lipinski definition) is 5. The lowest BCUT2D eigenvalue weighted by molar-refractivity contribution is 0.125. The van der Waals surface area contributed by atoms with E-state index in [4.69, 9.17) is 16.3 Å². The maximum Gasteiger partial charge on any atom is 0.216 e. The average Bonchev–Trinajstić information content (AvgIpc) is 3.08. The molecule has 4 rings (SSSR count). The Bertz CT molecular complexity index is 1020. The van der Waals surface area contributed by atoms with Crippen LogP contribution in [0.2, 0.25) is 5.02 Å². The summed E-state index contributed by atoms with van der Waals surface area (Å²) in [6.07, 6.45) is 4.66. The number of benzene rings is 2. The molecule has 0 aliphatic carbocycles. The number of aliphatic hydroxyl groups is 1. The smallest absolute Gasteiger partial charge is 0.216 e. The molecule has 6 heteroatoms. The van der Waals surface area contributed by atoms with Crippen LogP contribution in [0.4, 0.5) is 0 Å². The summed E-state index contributed by atoms with van der Waals surface area (Å²) in [7, 11) is 0. The second-order valence-corrected chi connectivity index (χ2v) is 7.88. The van der Waals surface area contributed by atoms with Crippen LogP contribution in [0.15, 0.2) is 72.2 Å². The van der Waals surface area contributed by atoms with E-state index in [2.05, 4.69) is 15.0 Å². The van der Waals surface area contributed by atoms with Crippen molar-refractivity contribution in [2.24, 2.45) is 4.99 Å². The third-order valence-electron chi connectivity index (χ3n) is 4.73. The van der Waals surface area contributed by atoms with Crippen molar-refractivity contribution in [1.82, 2.24) is 9.97 Å². The first kappa shape index (κ1) is 18.6. The van der Waals surface area contributed by atoms with Gasteiger partial charge >= 0.3 is 0 Å². The second-order valence-electron chi connectivity index (χ2n) is 7.44. The van der Waals surface area contributed by atoms with Crippen molar-refractivity contribution in [1.29, 1.82) is 0 Å². The number of aliphatic imine (C=N–C) groups is 1. The Hall–Kier alpha value is -2.76. The maximum absolute atomic E-state index is 11.9. The molecule has 1 unspecified atom stereocenters. The minimum Gasteiger partial charge on any atom is -0.475 e. The number of hydrogen-bond donors (Lipinski definition) is 1. The predicted octanol–water partition coefficient (Wildman–Crippen LogP) is 3.97. The molecule has 1 atom stereocenters. The van der Waals surface area contributed by atoms with Gasteiger partial charge in [-0.15, -0.1) is 0 Å². The van der Waals surface area contributed by atoms with Gasteiger partial charge in [0.05, 0.1) is 5.54 Å². The highest BCUT2D eigenvalue weighted by Crippen LogP contribution is 2.37. The number of halogens is 1. The monoisotopic (exact) mass is 393 g/mol. The van der Waals surface area contributed by atoms with Crippen molar-refractivity contribution in [3.05, 3.63) is 94.5 Å². The summed E-state index contributed by atoms with van der Waals surface area (Å²) in [6.45, 7) is 4.57. The van der Waals surface area contributed by atoms with Crippen LogP contribution in [0, 0.1) is 0 Å². The van der Waals surface area contributed by atoms with Gasteiger partial charge in [-0.3, -0.25) is 0 Å². The zero-order chi connectivity index (χ0) is 19.8. The van der Waals surface area contributed by atoms with Gasteiger partial charge in [0.15, 0.2) is 0 Å². The number of nitrogens with zero attached hydrogens (tertiary/aromatic N) is 3. The number of rotatable bonds is 4. The largest absolute Gasteiger partial charge is 0.475 e. The van der Waals surface area contributed by atoms with E-state index in [1.54, 1.807) is 36.7 Å². The van der Waals surface area contributed by atoms with Gasteiger partial charge in [0.25, 0.3) is 0 Å². The minimum atomic E-state index is -1.45. The Kier molecular flexibility index (Phi) is 4.65. The van der Waals surface area contributed by atoms with Gasteiger partial charge in [-0.2, -0.15) is 0 Å². The summed E-state index contributed by atoms with van der Waals surface area (Å²) in [6, 6.07) is 14.7. The molecule has 1 aliphatic rings. The fourth-order valence-electron chi connectivity index (χ4n) is 3.29. The van der Waals surface area contributed by atoms with Gasteiger partial charge < -0.3 is 9.84 Å². The van der Waals surface area contributed by atoms with Crippen molar-refractivity contribution >= 4 is 17.5 Å². The summed E-state index contributed by atoms with van der Waals surface area (Å²) < 4.78 is 5.78. The van der Waals surface area contributed by atoms with Crippen molar-refractivity contribution in [3.8, 4) is 0 Å². The molecule has 0 saturated heterocycles. The standard InChI is InChI=1S/C22H20ClN3O2/c1-21(2)13-28-20(26-21)15-4-3-5-17(10-15)22(27,18-11-24-14-25-12-18)16-6-8-19(23)9-7-16/h3-12,14,27H,13H2,1-2H3. The SMILES string of the molecule is CC1(C)COC(c2cccc(C(O)(c3ccc(Cl)cc3)c3cncnc3)c2)=N1. The first-order chi connectivity index (χ1) is 13.4. The van der Waals surface area contributed by atoms with E-state index in [9.17, 15) is 5.11 Å². The van der Waals surface area contributed by atoms with Gasteiger partial charge in [0.2, 0.25) is 5.90 Å². The zero-order valence-corrected chi connectivity index (χ0v) is 16.4. The lowest BCUT2D eigenvalue weighted by Crippen LogP contribution is -2.29. The van der Waals surface area contributed by atoms with Gasteiger partial charge in [-0.25, -0.2) is 15.0 Å². The summed E-state index contributed by atoms with van der Waals surface area (Å²) >= 11 is 6.05. The zero-order valence-electron chi connectivity index (χ0n) is 15.6. The molecule has 1 aliphatic heterocycles. The highest BCUT2D eigenvalue weighted by atomic mass is 35.5. The first-order valence-electron chi connectivity index (χ1n) is 8.96. The third-order valence-corrected chi connectivity index (χ3v) is 4.99. The first-order valence-corrected chi connectivity index (χ1v) is 9.34. The molecule has 0 spiro atoms. The number of ether oxygens (including phenoxy) is 1. The Labute approximate surface area is 168 Å². The van der Waals surface area contributed by atoms with E-state index >= 15 is 0 Å². The van der Waals surface area contributed by atoms with Gasteiger partial charge in [0.1, 0.15) is 18.5 Å². The van der Waals surface area contributed by atoms with Gasteiger partial charge in [-0.1, -0.05) is 35.9 Å². The molecular formula is C22H20ClN3O2.